The molecule has 8 heteroatoms. The second kappa shape index (κ2) is 6.54. The maximum atomic E-state index is 12.1. The number of aromatic nitrogens is 1. The van der Waals surface area contributed by atoms with Crippen LogP contribution in [0.4, 0.5) is 0 Å². The first kappa shape index (κ1) is 16.4. The first-order valence-corrected chi connectivity index (χ1v) is 9.55. The minimum atomic E-state index is -3.18. The van der Waals surface area contributed by atoms with E-state index in [0.29, 0.717) is 37.7 Å². The molecule has 0 aliphatic carbocycles. The third kappa shape index (κ3) is 3.70. The van der Waals surface area contributed by atoms with Crippen molar-refractivity contribution in [1.29, 1.82) is 0 Å². The lowest BCUT2D eigenvalue weighted by Gasteiger charge is -2.34. The van der Waals surface area contributed by atoms with Crippen LogP contribution < -0.4 is 5.32 Å². The second-order valence-corrected chi connectivity index (χ2v) is 8.14. The van der Waals surface area contributed by atoms with E-state index in [4.69, 9.17) is 4.74 Å². The van der Waals surface area contributed by atoms with E-state index in [1.807, 2.05) is 0 Å². The van der Waals surface area contributed by atoms with Crippen molar-refractivity contribution in [1.82, 2.24) is 14.6 Å². The topological polar surface area (TPSA) is 88.6 Å². The van der Waals surface area contributed by atoms with Gasteiger partial charge in [0, 0.05) is 37.9 Å². The summed E-state index contributed by atoms with van der Waals surface area (Å²) in [7, 11) is -3.18. The van der Waals surface area contributed by atoms with E-state index in [2.05, 4.69) is 10.3 Å². The minimum absolute atomic E-state index is 0.132. The number of pyridine rings is 1. The zero-order valence-electron chi connectivity index (χ0n) is 13.0. The number of carbonyl (C=O) groups is 1. The molecule has 0 spiro atoms. The fourth-order valence-electron chi connectivity index (χ4n) is 3.30. The van der Waals surface area contributed by atoms with E-state index in [1.165, 1.54) is 16.8 Å². The first-order chi connectivity index (χ1) is 10.9. The normalized spacial score (nSPS) is 28.3. The summed E-state index contributed by atoms with van der Waals surface area (Å²) in [6.45, 7) is 2.04. The smallest absolute Gasteiger partial charge is 0.252 e. The number of amides is 1. The Bertz CT molecular complexity index is 665. The van der Waals surface area contributed by atoms with Crippen molar-refractivity contribution in [2.24, 2.45) is 11.8 Å². The number of fused-ring (bicyclic) bond motifs is 1. The lowest BCUT2D eigenvalue weighted by atomic mass is 9.85. The molecule has 3 rings (SSSR count). The predicted octanol–water partition coefficient (Wildman–Crippen LogP) is 0.108. The average Bonchev–Trinajstić information content (AvgIpc) is 2.95. The molecular formula is C15H21N3O4S. The molecule has 3 heterocycles. The molecule has 0 radical (unpaired) electrons. The molecule has 0 bridgehead atoms. The highest BCUT2D eigenvalue weighted by Crippen LogP contribution is 2.34. The Morgan fingerprint density at radius 3 is 3.04 bits per heavy atom. The third-order valence-electron chi connectivity index (χ3n) is 4.63. The number of nitrogens with zero attached hydrogens (tertiary/aromatic N) is 2. The van der Waals surface area contributed by atoms with E-state index >= 15 is 0 Å². The zero-order chi connectivity index (χ0) is 16.4. The molecule has 1 aromatic heterocycles. The maximum Gasteiger partial charge on any atom is 0.252 e. The van der Waals surface area contributed by atoms with E-state index in [1.54, 1.807) is 18.3 Å². The van der Waals surface area contributed by atoms with Crippen LogP contribution in [0.15, 0.2) is 24.5 Å². The van der Waals surface area contributed by atoms with Crippen LogP contribution in [0.1, 0.15) is 16.8 Å². The summed E-state index contributed by atoms with van der Waals surface area (Å²) in [5, 5.41) is 2.86. The quantitative estimate of drug-likeness (QED) is 0.841. The molecule has 0 saturated carbocycles. The van der Waals surface area contributed by atoms with Gasteiger partial charge in [-0.05, 0) is 24.5 Å². The van der Waals surface area contributed by atoms with Gasteiger partial charge in [-0.1, -0.05) is 0 Å². The molecular weight excluding hydrogens is 318 g/mol. The van der Waals surface area contributed by atoms with Crippen LogP contribution >= 0.6 is 0 Å². The molecule has 7 nitrogen and oxygen atoms in total. The average molecular weight is 339 g/mol. The largest absolute Gasteiger partial charge is 0.376 e. The van der Waals surface area contributed by atoms with Gasteiger partial charge in [-0.15, -0.1) is 0 Å². The summed E-state index contributed by atoms with van der Waals surface area (Å²) in [6, 6.07) is 3.41. The van der Waals surface area contributed by atoms with Crippen LogP contribution in [0.2, 0.25) is 0 Å². The summed E-state index contributed by atoms with van der Waals surface area (Å²) in [5.41, 5.74) is 0.503. The Kier molecular flexibility index (Phi) is 4.65. The van der Waals surface area contributed by atoms with Crippen molar-refractivity contribution in [3.63, 3.8) is 0 Å². The van der Waals surface area contributed by atoms with Crippen LogP contribution in [-0.2, 0) is 14.8 Å². The van der Waals surface area contributed by atoms with Gasteiger partial charge in [0.05, 0.1) is 24.5 Å². The number of rotatable bonds is 4. The highest BCUT2D eigenvalue weighted by Gasteiger charge is 2.42. The Hall–Kier alpha value is -1.51. The van der Waals surface area contributed by atoms with Gasteiger partial charge in [0.15, 0.2) is 0 Å². The van der Waals surface area contributed by atoms with Gasteiger partial charge >= 0.3 is 0 Å². The molecule has 0 aromatic carbocycles. The monoisotopic (exact) mass is 339 g/mol. The highest BCUT2D eigenvalue weighted by molar-refractivity contribution is 7.88. The van der Waals surface area contributed by atoms with Gasteiger partial charge in [-0.25, -0.2) is 12.7 Å². The molecule has 2 fully saturated rings. The van der Waals surface area contributed by atoms with Crippen molar-refractivity contribution in [2.45, 2.75) is 12.5 Å². The number of hydrogen-bond donors (Lipinski definition) is 1. The van der Waals surface area contributed by atoms with Crippen molar-refractivity contribution in [2.75, 3.05) is 32.5 Å². The fourth-order valence-corrected chi connectivity index (χ4v) is 4.18. The molecule has 23 heavy (non-hydrogen) atoms. The predicted molar refractivity (Wildman–Crippen MR) is 84.3 cm³/mol. The van der Waals surface area contributed by atoms with Crippen LogP contribution in [0.3, 0.4) is 0 Å². The molecule has 1 amide bonds. The van der Waals surface area contributed by atoms with Gasteiger partial charge in [0.25, 0.3) is 5.91 Å². The van der Waals surface area contributed by atoms with Crippen molar-refractivity contribution >= 4 is 15.9 Å². The lowest BCUT2D eigenvalue weighted by molar-refractivity contribution is 0.0751. The number of piperidine rings is 1. The fraction of sp³-hybridized carbons (Fsp3) is 0.600. The molecule has 1 N–H and O–H groups in total. The molecule has 126 valence electrons. The number of ether oxygens (including phenoxy) is 1. The second-order valence-electron chi connectivity index (χ2n) is 6.16. The maximum absolute atomic E-state index is 12.1. The van der Waals surface area contributed by atoms with Crippen LogP contribution in [0.25, 0.3) is 0 Å². The standard InChI is InChI=1S/C15H21N3O4S/c1-23(20,21)18-6-4-12-10-22-14(13(12)9-18)8-17-15(19)11-3-2-5-16-7-11/h2-3,5,7,12-14H,4,6,8-10H2,1H3,(H,17,19)/t12-,13-,14+/m0/s1. The van der Waals surface area contributed by atoms with Crippen LogP contribution in [-0.4, -0.2) is 62.2 Å². The SMILES string of the molecule is CS(=O)(=O)N1CC[C@H]2CO[C@H](CNC(=O)c3cccnc3)[C@H]2C1. The molecule has 3 atom stereocenters. The summed E-state index contributed by atoms with van der Waals surface area (Å²) in [6.07, 6.45) is 5.03. The molecule has 2 aliphatic heterocycles. The van der Waals surface area contributed by atoms with Gasteiger partial charge in [-0.2, -0.15) is 0 Å². The first-order valence-electron chi connectivity index (χ1n) is 7.70. The summed E-state index contributed by atoms with van der Waals surface area (Å²) in [4.78, 5) is 16.0. The van der Waals surface area contributed by atoms with Gasteiger partial charge < -0.3 is 10.1 Å². The van der Waals surface area contributed by atoms with Crippen LogP contribution in [0.5, 0.6) is 0 Å². The molecule has 0 unspecified atom stereocenters. The van der Waals surface area contributed by atoms with Gasteiger partial charge in [0.2, 0.25) is 10.0 Å². The summed E-state index contributed by atoms with van der Waals surface area (Å²) in [5.74, 6) is 0.307. The van der Waals surface area contributed by atoms with Crippen LogP contribution in [0, 0.1) is 11.8 Å². The Morgan fingerprint density at radius 2 is 2.35 bits per heavy atom. The number of hydrogen-bond acceptors (Lipinski definition) is 5. The minimum Gasteiger partial charge on any atom is -0.376 e. The molecule has 2 saturated heterocycles. The Labute approximate surface area is 136 Å². The number of nitrogens with one attached hydrogen (secondary N) is 1. The molecule has 2 aliphatic rings. The lowest BCUT2D eigenvalue weighted by Crippen LogP contribution is -2.47. The van der Waals surface area contributed by atoms with Crippen molar-refractivity contribution in [3.05, 3.63) is 30.1 Å². The zero-order valence-corrected chi connectivity index (χ0v) is 13.8. The molecule has 1 aromatic rings. The third-order valence-corrected chi connectivity index (χ3v) is 5.90. The summed E-state index contributed by atoms with van der Waals surface area (Å²) >= 11 is 0. The summed E-state index contributed by atoms with van der Waals surface area (Å²) < 4.78 is 30.8. The number of sulfonamides is 1. The highest BCUT2D eigenvalue weighted by atomic mass is 32.2. The van der Waals surface area contributed by atoms with Gasteiger partial charge in [-0.3, -0.25) is 9.78 Å². The Morgan fingerprint density at radius 1 is 1.52 bits per heavy atom. The van der Waals surface area contributed by atoms with E-state index in [0.717, 1.165) is 6.42 Å². The van der Waals surface area contributed by atoms with E-state index < -0.39 is 10.0 Å². The Balaban J connectivity index is 1.59. The van der Waals surface area contributed by atoms with E-state index in [9.17, 15) is 13.2 Å². The van der Waals surface area contributed by atoms with E-state index in [-0.39, 0.29) is 17.9 Å². The number of carbonyl (C=O) groups excluding carboxylic acids is 1. The van der Waals surface area contributed by atoms with Gasteiger partial charge in [0.1, 0.15) is 0 Å². The van der Waals surface area contributed by atoms with Crippen molar-refractivity contribution < 1.29 is 17.9 Å². The van der Waals surface area contributed by atoms with Crippen molar-refractivity contribution in [3.8, 4) is 0 Å².